The molecule has 34 heavy (non-hydrogen) atoms. The molecular formula is C28H22N4O2. The first kappa shape index (κ1) is 21.3. The molecule has 0 fully saturated rings. The number of ether oxygens (including phenoxy) is 1. The molecule has 0 unspecified atom stereocenters. The second-order valence-electron chi connectivity index (χ2n) is 7.85. The highest BCUT2D eigenvalue weighted by molar-refractivity contribution is 5.96. The van der Waals surface area contributed by atoms with E-state index in [1.54, 1.807) is 37.1 Å². The molecule has 5 rings (SSSR count). The van der Waals surface area contributed by atoms with E-state index in [2.05, 4.69) is 20.3 Å². The lowest BCUT2D eigenvalue weighted by atomic mass is 10.0. The predicted molar refractivity (Wildman–Crippen MR) is 132 cm³/mol. The van der Waals surface area contributed by atoms with E-state index in [1.165, 1.54) is 0 Å². The number of benzene rings is 2. The van der Waals surface area contributed by atoms with Crippen LogP contribution in [-0.4, -0.2) is 20.9 Å². The largest absolute Gasteiger partial charge is 0.456 e. The topological polar surface area (TPSA) is 77.0 Å². The van der Waals surface area contributed by atoms with Crippen LogP contribution in [-0.2, 0) is 6.54 Å². The van der Waals surface area contributed by atoms with Gasteiger partial charge in [0.05, 0.1) is 5.52 Å². The lowest BCUT2D eigenvalue weighted by molar-refractivity contribution is 0.0950. The van der Waals surface area contributed by atoms with Gasteiger partial charge in [-0.05, 0) is 78.2 Å². The number of carbonyl (C=O) groups is 1. The first-order valence-electron chi connectivity index (χ1n) is 10.9. The maximum atomic E-state index is 12.8. The van der Waals surface area contributed by atoms with Crippen LogP contribution in [0, 0.1) is 6.92 Å². The molecule has 6 heteroatoms. The van der Waals surface area contributed by atoms with Gasteiger partial charge < -0.3 is 10.1 Å². The van der Waals surface area contributed by atoms with Crippen LogP contribution >= 0.6 is 0 Å². The highest BCUT2D eigenvalue weighted by atomic mass is 16.5. The summed E-state index contributed by atoms with van der Waals surface area (Å²) in [6, 6.07) is 21.1. The van der Waals surface area contributed by atoms with Crippen molar-refractivity contribution in [2.75, 3.05) is 0 Å². The van der Waals surface area contributed by atoms with E-state index in [1.807, 2.05) is 67.6 Å². The monoisotopic (exact) mass is 446 g/mol. The molecule has 0 aliphatic carbocycles. The number of pyridine rings is 3. The summed E-state index contributed by atoms with van der Waals surface area (Å²) in [4.78, 5) is 25.4. The van der Waals surface area contributed by atoms with Gasteiger partial charge in [0.2, 0.25) is 0 Å². The molecular weight excluding hydrogens is 424 g/mol. The third-order valence-electron chi connectivity index (χ3n) is 5.67. The first-order chi connectivity index (χ1) is 16.7. The third-order valence-corrected chi connectivity index (χ3v) is 5.67. The Labute approximate surface area is 197 Å². The Bertz CT molecular complexity index is 1450. The van der Waals surface area contributed by atoms with Crippen LogP contribution in [0.15, 0.2) is 97.7 Å². The van der Waals surface area contributed by atoms with Crippen LogP contribution in [0.1, 0.15) is 21.5 Å². The standard InChI is InChI=1S/C28H22N4O2/c1-19-23(28(33)32-18-20-7-12-29-13-8-20)3-2-4-26(19)34-27-11-16-31-25-17-22(5-6-24(25)27)21-9-14-30-15-10-21/h2-17H,18H2,1H3,(H,32,33). The van der Waals surface area contributed by atoms with Crippen LogP contribution < -0.4 is 10.1 Å². The van der Waals surface area contributed by atoms with Crippen molar-refractivity contribution in [2.45, 2.75) is 13.5 Å². The number of hydrogen-bond donors (Lipinski definition) is 1. The fraction of sp³-hybridized carbons (Fsp3) is 0.0714. The van der Waals surface area contributed by atoms with Crippen LogP contribution in [0.2, 0.25) is 0 Å². The fourth-order valence-electron chi connectivity index (χ4n) is 3.80. The van der Waals surface area contributed by atoms with E-state index in [0.29, 0.717) is 23.6 Å². The average molecular weight is 447 g/mol. The quantitative estimate of drug-likeness (QED) is 0.361. The number of rotatable bonds is 6. The molecule has 0 aliphatic heterocycles. The molecule has 0 saturated heterocycles. The van der Waals surface area contributed by atoms with E-state index >= 15 is 0 Å². The summed E-state index contributed by atoms with van der Waals surface area (Å²) in [7, 11) is 0. The van der Waals surface area contributed by atoms with E-state index < -0.39 is 0 Å². The summed E-state index contributed by atoms with van der Waals surface area (Å²) in [6.45, 7) is 2.32. The highest BCUT2D eigenvalue weighted by Gasteiger charge is 2.14. The molecule has 3 heterocycles. The van der Waals surface area contributed by atoms with Gasteiger partial charge in [-0.2, -0.15) is 0 Å². The van der Waals surface area contributed by atoms with Crippen molar-refractivity contribution < 1.29 is 9.53 Å². The Morgan fingerprint density at radius 2 is 1.59 bits per heavy atom. The number of nitrogens with zero attached hydrogens (tertiary/aromatic N) is 3. The first-order valence-corrected chi connectivity index (χ1v) is 10.9. The van der Waals surface area contributed by atoms with E-state index in [4.69, 9.17) is 4.74 Å². The number of hydrogen-bond acceptors (Lipinski definition) is 5. The van der Waals surface area contributed by atoms with Gasteiger partial charge >= 0.3 is 0 Å². The Morgan fingerprint density at radius 1 is 0.824 bits per heavy atom. The van der Waals surface area contributed by atoms with Crippen molar-refractivity contribution in [3.63, 3.8) is 0 Å². The molecule has 0 spiro atoms. The SMILES string of the molecule is Cc1c(Oc2ccnc3cc(-c4ccncc4)ccc23)cccc1C(=O)NCc1ccncc1. The number of nitrogens with one attached hydrogen (secondary N) is 1. The van der Waals surface area contributed by atoms with Gasteiger partial charge in [0.15, 0.2) is 0 Å². The highest BCUT2D eigenvalue weighted by Crippen LogP contribution is 2.33. The molecule has 3 aromatic heterocycles. The summed E-state index contributed by atoms with van der Waals surface area (Å²) in [5.41, 5.74) is 5.30. The second kappa shape index (κ2) is 9.50. The zero-order chi connectivity index (χ0) is 23.3. The van der Waals surface area contributed by atoms with E-state index in [0.717, 1.165) is 33.2 Å². The van der Waals surface area contributed by atoms with Crippen molar-refractivity contribution in [2.24, 2.45) is 0 Å². The Morgan fingerprint density at radius 3 is 2.38 bits per heavy atom. The minimum atomic E-state index is -0.152. The zero-order valence-corrected chi connectivity index (χ0v) is 18.6. The van der Waals surface area contributed by atoms with Gasteiger partial charge in [-0.15, -0.1) is 0 Å². The Balaban J connectivity index is 1.40. The van der Waals surface area contributed by atoms with Crippen molar-refractivity contribution in [3.05, 3.63) is 114 Å². The van der Waals surface area contributed by atoms with Crippen molar-refractivity contribution in [1.29, 1.82) is 0 Å². The maximum absolute atomic E-state index is 12.8. The molecule has 0 saturated carbocycles. The summed E-state index contributed by atoms with van der Waals surface area (Å²) >= 11 is 0. The number of carbonyl (C=O) groups excluding carboxylic acids is 1. The summed E-state index contributed by atoms with van der Waals surface area (Å²) in [6.07, 6.45) is 8.69. The number of fused-ring (bicyclic) bond motifs is 1. The Hall–Kier alpha value is -4.58. The maximum Gasteiger partial charge on any atom is 0.251 e. The van der Waals surface area contributed by atoms with Gasteiger partial charge in [0.25, 0.3) is 5.91 Å². The molecule has 5 aromatic rings. The lowest BCUT2D eigenvalue weighted by Gasteiger charge is -2.14. The molecule has 2 aromatic carbocycles. The average Bonchev–Trinajstić information content (AvgIpc) is 2.89. The van der Waals surface area contributed by atoms with Crippen molar-refractivity contribution in [3.8, 4) is 22.6 Å². The Kier molecular flexibility index (Phi) is 5.95. The molecule has 0 atom stereocenters. The normalized spacial score (nSPS) is 10.7. The zero-order valence-electron chi connectivity index (χ0n) is 18.6. The van der Waals surface area contributed by atoms with Crippen molar-refractivity contribution >= 4 is 16.8 Å². The molecule has 0 aliphatic rings. The third kappa shape index (κ3) is 4.47. The fourth-order valence-corrected chi connectivity index (χ4v) is 3.80. The molecule has 6 nitrogen and oxygen atoms in total. The molecule has 0 bridgehead atoms. The van der Waals surface area contributed by atoms with Gasteiger partial charge in [0.1, 0.15) is 11.5 Å². The van der Waals surface area contributed by atoms with Gasteiger partial charge in [-0.25, -0.2) is 0 Å². The number of amides is 1. The summed E-state index contributed by atoms with van der Waals surface area (Å²) in [5.74, 6) is 1.16. The van der Waals surface area contributed by atoms with Gasteiger partial charge in [-0.1, -0.05) is 12.1 Å². The summed E-state index contributed by atoms with van der Waals surface area (Å²) < 4.78 is 6.28. The summed E-state index contributed by atoms with van der Waals surface area (Å²) in [5, 5.41) is 3.86. The van der Waals surface area contributed by atoms with E-state index in [9.17, 15) is 4.79 Å². The lowest BCUT2D eigenvalue weighted by Crippen LogP contribution is -2.23. The van der Waals surface area contributed by atoms with Gasteiger partial charge in [-0.3, -0.25) is 19.7 Å². The van der Waals surface area contributed by atoms with Crippen molar-refractivity contribution in [1.82, 2.24) is 20.3 Å². The van der Waals surface area contributed by atoms with Gasteiger partial charge in [0, 0.05) is 54.0 Å². The van der Waals surface area contributed by atoms with Crippen LogP contribution in [0.25, 0.3) is 22.0 Å². The molecule has 1 amide bonds. The van der Waals surface area contributed by atoms with E-state index in [-0.39, 0.29) is 5.91 Å². The van der Waals surface area contributed by atoms with Crippen LogP contribution in [0.3, 0.4) is 0 Å². The predicted octanol–water partition coefficient (Wildman–Crippen LogP) is 5.72. The smallest absolute Gasteiger partial charge is 0.251 e. The minimum absolute atomic E-state index is 0.152. The van der Waals surface area contributed by atoms with Crippen LogP contribution in [0.4, 0.5) is 0 Å². The number of aromatic nitrogens is 3. The second-order valence-corrected chi connectivity index (χ2v) is 7.85. The molecule has 1 N–H and O–H groups in total. The molecule has 166 valence electrons. The minimum Gasteiger partial charge on any atom is -0.456 e. The van der Waals surface area contributed by atoms with Crippen LogP contribution in [0.5, 0.6) is 11.5 Å². The molecule has 0 radical (unpaired) electrons.